The first-order valence-electron chi connectivity index (χ1n) is 8.95. The van der Waals surface area contributed by atoms with Gasteiger partial charge in [0.2, 0.25) is 0 Å². The third-order valence-corrected chi connectivity index (χ3v) is 4.46. The van der Waals surface area contributed by atoms with E-state index in [1.54, 1.807) is 6.07 Å². The summed E-state index contributed by atoms with van der Waals surface area (Å²) >= 11 is 0. The first-order chi connectivity index (χ1) is 13.1. The second kappa shape index (κ2) is 8.64. The number of H-pyrrole nitrogens is 1. The maximum absolute atomic E-state index is 11.8. The Hall–Kier alpha value is -2.92. The van der Waals surface area contributed by atoms with E-state index in [1.165, 1.54) is 7.11 Å². The van der Waals surface area contributed by atoms with E-state index in [1.807, 2.05) is 56.3 Å². The number of benzene rings is 2. The molecule has 0 amide bonds. The van der Waals surface area contributed by atoms with Crippen LogP contribution in [-0.2, 0) is 22.5 Å². The number of aryl methyl sites for hydroxylation is 2. The number of aromatic nitrogens is 2. The molecule has 0 spiro atoms. The highest BCUT2D eigenvalue weighted by Crippen LogP contribution is 2.26. The van der Waals surface area contributed by atoms with Crippen molar-refractivity contribution in [2.24, 2.45) is 0 Å². The fraction of sp³-hybridized carbons (Fsp3) is 0.273. The first kappa shape index (κ1) is 18.9. The molecule has 0 saturated carbocycles. The molecule has 1 aromatic heterocycles. The number of nitrogens with one attached hydrogen (secondary N) is 1. The van der Waals surface area contributed by atoms with Gasteiger partial charge in [0.25, 0.3) is 0 Å². The second-order valence-corrected chi connectivity index (χ2v) is 6.45. The van der Waals surface area contributed by atoms with Crippen molar-refractivity contribution in [3.8, 4) is 11.3 Å². The van der Waals surface area contributed by atoms with Gasteiger partial charge < -0.3 is 14.5 Å². The number of carbonyl (C=O) groups is 1. The number of aromatic amines is 1. The number of hydrogen-bond acceptors (Lipinski definition) is 4. The average molecular weight is 364 g/mol. The zero-order chi connectivity index (χ0) is 19.2. The number of nitrogens with zero attached hydrogens (tertiary/aromatic N) is 1. The largest absolute Gasteiger partial charge is 0.465 e. The molecule has 5 heteroatoms. The molecule has 0 unspecified atom stereocenters. The van der Waals surface area contributed by atoms with E-state index in [9.17, 15) is 4.79 Å². The number of carbonyl (C=O) groups excluding carboxylic acids is 1. The van der Waals surface area contributed by atoms with Crippen LogP contribution in [0.5, 0.6) is 0 Å². The van der Waals surface area contributed by atoms with Crippen molar-refractivity contribution in [2.75, 3.05) is 13.7 Å². The molecule has 1 N–H and O–H groups in total. The zero-order valence-electron chi connectivity index (χ0n) is 15.9. The third-order valence-electron chi connectivity index (χ3n) is 4.46. The van der Waals surface area contributed by atoms with Crippen LogP contribution in [0.15, 0.2) is 48.5 Å². The molecule has 3 aromatic rings. The van der Waals surface area contributed by atoms with Crippen LogP contribution in [0.3, 0.4) is 0 Å². The molecule has 0 aliphatic heterocycles. The van der Waals surface area contributed by atoms with E-state index >= 15 is 0 Å². The van der Waals surface area contributed by atoms with Crippen molar-refractivity contribution in [3.63, 3.8) is 0 Å². The van der Waals surface area contributed by atoms with E-state index in [0.717, 1.165) is 33.9 Å². The number of rotatable bonds is 7. The Kier molecular flexibility index (Phi) is 6.04. The molecule has 2 aromatic carbocycles. The van der Waals surface area contributed by atoms with Crippen molar-refractivity contribution in [1.29, 1.82) is 0 Å². The highest BCUT2D eigenvalue weighted by molar-refractivity contribution is 5.91. The summed E-state index contributed by atoms with van der Waals surface area (Å²) in [6.45, 7) is 5.15. The maximum atomic E-state index is 11.8. The molecule has 1 heterocycles. The summed E-state index contributed by atoms with van der Waals surface area (Å²) in [5.41, 5.74) is 5.54. The van der Waals surface area contributed by atoms with Crippen LogP contribution < -0.4 is 0 Å². The molecule has 140 valence electrons. The minimum absolute atomic E-state index is 0.344. The summed E-state index contributed by atoms with van der Waals surface area (Å²) in [7, 11) is 1.39. The van der Waals surface area contributed by atoms with E-state index in [4.69, 9.17) is 9.47 Å². The topological polar surface area (TPSA) is 64.2 Å². The second-order valence-electron chi connectivity index (χ2n) is 6.45. The lowest BCUT2D eigenvalue weighted by molar-refractivity contribution is 0.0601. The highest BCUT2D eigenvalue weighted by atomic mass is 16.5. The molecule has 5 nitrogen and oxygen atoms in total. The van der Waals surface area contributed by atoms with Gasteiger partial charge in [-0.3, -0.25) is 0 Å². The van der Waals surface area contributed by atoms with Gasteiger partial charge in [0.1, 0.15) is 5.82 Å². The van der Waals surface area contributed by atoms with Gasteiger partial charge in [-0.05, 0) is 37.1 Å². The summed E-state index contributed by atoms with van der Waals surface area (Å²) in [4.78, 5) is 19.8. The number of ether oxygens (including phenoxy) is 2. The lowest BCUT2D eigenvalue weighted by Gasteiger charge is -2.07. The van der Waals surface area contributed by atoms with Crippen LogP contribution in [0.25, 0.3) is 11.3 Å². The van der Waals surface area contributed by atoms with E-state index in [0.29, 0.717) is 25.2 Å². The van der Waals surface area contributed by atoms with Crippen molar-refractivity contribution in [1.82, 2.24) is 9.97 Å². The van der Waals surface area contributed by atoms with Crippen LogP contribution in [0.4, 0.5) is 0 Å². The van der Waals surface area contributed by atoms with Crippen molar-refractivity contribution in [3.05, 3.63) is 76.7 Å². The fourth-order valence-corrected chi connectivity index (χ4v) is 2.97. The van der Waals surface area contributed by atoms with Crippen molar-refractivity contribution >= 4 is 5.97 Å². The molecule has 27 heavy (non-hydrogen) atoms. The van der Waals surface area contributed by atoms with Crippen LogP contribution in [0, 0.1) is 13.8 Å². The van der Waals surface area contributed by atoms with Gasteiger partial charge >= 0.3 is 5.97 Å². The van der Waals surface area contributed by atoms with Gasteiger partial charge in [-0.1, -0.05) is 36.4 Å². The zero-order valence-corrected chi connectivity index (χ0v) is 15.9. The Morgan fingerprint density at radius 3 is 2.63 bits per heavy atom. The smallest absolute Gasteiger partial charge is 0.337 e. The summed E-state index contributed by atoms with van der Waals surface area (Å²) in [6.07, 6.45) is 0.698. The molecule has 0 atom stereocenters. The molecule has 3 rings (SSSR count). The normalized spacial score (nSPS) is 10.8. The van der Waals surface area contributed by atoms with Gasteiger partial charge in [-0.2, -0.15) is 0 Å². The van der Waals surface area contributed by atoms with Crippen molar-refractivity contribution in [2.45, 2.75) is 26.9 Å². The summed E-state index contributed by atoms with van der Waals surface area (Å²) in [5.74, 6) is 0.529. The molecule has 0 aliphatic rings. The Morgan fingerprint density at radius 1 is 1.11 bits per heavy atom. The number of imidazole rings is 1. The summed E-state index contributed by atoms with van der Waals surface area (Å²) in [5, 5.41) is 0. The minimum atomic E-state index is -0.344. The van der Waals surface area contributed by atoms with Gasteiger partial charge in [0, 0.05) is 12.0 Å². The number of hydrogen-bond donors (Lipinski definition) is 1. The van der Waals surface area contributed by atoms with Crippen LogP contribution >= 0.6 is 0 Å². The molecule has 0 fully saturated rings. The van der Waals surface area contributed by atoms with E-state index in [2.05, 4.69) is 9.97 Å². The predicted octanol–water partition coefficient (Wildman–Crippen LogP) is 4.24. The first-order valence-corrected chi connectivity index (χ1v) is 8.95. The Balaban J connectivity index is 1.68. The SMILES string of the molecule is COC(=O)c1ccc(C)c(-c2[nH]c(CCOCc3ccccc3)nc2C)c1. The Morgan fingerprint density at radius 2 is 1.89 bits per heavy atom. The fourth-order valence-electron chi connectivity index (χ4n) is 2.97. The highest BCUT2D eigenvalue weighted by Gasteiger charge is 2.14. The lowest BCUT2D eigenvalue weighted by atomic mass is 10.0. The monoisotopic (exact) mass is 364 g/mol. The minimum Gasteiger partial charge on any atom is -0.465 e. The number of methoxy groups -OCH3 is 1. The molecule has 0 radical (unpaired) electrons. The standard InChI is InChI=1S/C22H24N2O3/c1-15-9-10-18(22(25)26-3)13-19(15)21-16(2)23-20(24-21)11-12-27-14-17-7-5-4-6-8-17/h4-10,13H,11-12,14H2,1-3H3,(H,23,24). The Bertz CT molecular complexity index is 917. The average Bonchev–Trinajstić information content (AvgIpc) is 3.06. The van der Waals surface area contributed by atoms with E-state index in [-0.39, 0.29) is 5.97 Å². The molecular formula is C22H24N2O3. The Labute approximate surface area is 159 Å². The molecular weight excluding hydrogens is 340 g/mol. The van der Waals surface area contributed by atoms with Gasteiger partial charge in [0.15, 0.2) is 0 Å². The van der Waals surface area contributed by atoms with Crippen LogP contribution in [0.2, 0.25) is 0 Å². The van der Waals surface area contributed by atoms with Gasteiger partial charge in [0.05, 0.1) is 37.3 Å². The number of esters is 1. The lowest BCUT2D eigenvalue weighted by Crippen LogP contribution is -2.02. The van der Waals surface area contributed by atoms with Crippen LogP contribution in [0.1, 0.15) is 33.0 Å². The molecule has 0 saturated heterocycles. The van der Waals surface area contributed by atoms with Crippen LogP contribution in [-0.4, -0.2) is 29.7 Å². The quantitative estimate of drug-likeness (QED) is 0.503. The van der Waals surface area contributed by atoms with E-state index < -0.39 is 0 Å². The molecule has 0 bridgehead atoms. The van der Waals surface area contributed by atoms with Gasteiger partial charge in [-0.15, -0.1) is 0 Å². The summed E-state index contributed by atoms with van der Waals surface area (Å²) < 4.78 is 10.6. The predicted molar refractivity (Wildman–Crippen MR) is 105 cm³/mol. The summed E-state index contributed by atoms with van der Waals surface area (Å²) in [6, 6.07) is 15.6. The van der Waals surface area contributed by atoms with Crippen molar-refractivity contribution < 1.29 is 14.3 Å². The molecule has 0 aliphatic carbocycles. The maximum Gasteiger partial charge on any atom is 0.337 e. The van der Waals surface area contributed by atoms with Gasteiger partial charge in [-0.25, -0.2) is 9.78 Å². The third kappa shape index (κ3) is 4.63.